The molecule has 2 aliphatic rings. The molecule has 35 heavy (non-hydrogen) atoms. The van der Waals surface area contributed by atoms with Gasteiger partial charge in [-0.25, -0.2) is 17.5 Å². The Hall–Kier alpha value is -2.98. The van der Waals surface area contributed by atoms with Gasteiger partial charge in [0.05, 0.1) is 22.8 Å². The summed E-state index contributed by atoms with van der Waals surface area (Å²) in [6.45, 7) is 3.33. The number of ether oxygens (including phenoxy) is 1. The van der Waals surface area contributed by atoms with Crippen molar-refractivity contribution >= 4 is 27.4 Å². The molecule has 2 fully saturated rings. The van der Waals surface area contributed by atoms with Gasteiger partial charge in [-0.2, -0.15) is 0 Å². The second-order valence-corrected chi connectivity index (χ2v) is 10.9. The zero-order chi connectivity index (χ0) is 25.2. The summed E-state index contributed by atoms with van der Waals surface area (Å²) < 4.78 is 47.5. The average Bonchev–Trinajstić information content (AvgIpc) is 2.82. The van der Waals surface area contributed by atoms with Crippen molar-refractivity contribution in [1.29, 1.82) is 0 Å². The van der Waals surface area contributed by atoms with E-state index in [4.69, 9.17) is 4.74 Å². The molecule has 0 bridgehead atoms. The molecule has 0 unspecified atom stereocenters. The molecule has 1 N–H and O–H groups in total. The number of hydrogen-bond donors (Lipinski definition) is 1. The van der Waals surface area contributed by atoms with Crippen molar-refractivity contribution in [3.05, 3.63) is 53.3 Å². The van der Waals surface area contributed by atoms with Crippen LogP contribution in [0.25, 0.3) is 0 Å². The van der Waals surface area contributed by atoms with Crippen molar-refractivity contribution in [3.63, 3.8) is 0 Å². The van der Waals surface area contributed by atoms with Crippen LogP contribution in [0.3, 0.4) is 0 Å². The van der Waals surface area contributed by atoms with Gasteiger partial charge in [0.25, 0.3) is 5.91 Å². The highest BCUT2D eigenvalue weighted by Crippen LogP contribution is 2.30. The lowest BCUT2D eigenvalue weighted by Crippen LogP contribution is -2.49. The smallest absolute Gasteiger partial charge is 0.257 e. The summed E-state index contributed by atoms with van der Waals surface area (Å²) in [5.41, 5.74) is 0.894. The van der Waals surface area contributed by atoms with Crippen LogP contribution in [0, 0.1) is 11.7 Å². The summed E-state index contributed by atoms with van der Waals surface area (Å²) >= 11 is 0. The Morgan fingerprint density at radius 2 is 1.80 bits per heavy atom. The predicted molar refractivity (Wildman–Crippen MR) is 130 cm³/mol. The number of carbonyl (C=O) groups excluding carboxylic acids is 2. The van der Waals surface area contributed by atoms with E-state index in [1.54, 1.807) is 23.1 Å². The lowest BCUT2D eigenvalue weighted by atomic mass is 9.86. The minimum atomic E-state index is -3.74. The van der Waals surface area contributed by atoms with Crippen LogP contribution in [0.4, 0.5) is 10.1 Å². The first-order valence-corrected chi connectivity index (χ1v) is 13.2. The van der Waals surface area contributed by atoms with Gasteiger partial charge in [-0.1, -0.05) is 6.42 Å². The van der Waals surface area contributed by atoms with E-state index in [-0.39, 0.29) is 22.1 Å². The van der Waals surface area contributed by atoms with Crippen LogP contribution in [0.5, 0.6) is 5.75 Å². The van der Waals surface area contributed by atoms with Gasteiger partial charge in [-0.15, -0.1) is 0 Å². The Balaban J connectivity index is 1.51. The number of nitrogens with zero attached hydrogens (tertiary/aromatic N) is 2. The van der Waals surface area contributed by atoms with Crippen molar-refractivity contribution in [2.24, 2.45) is 5.92 Å². The lowest BCUT2D eigenvalue weighted by Gasteiger charge is -2.36. The number of carbonyl (C=O) groups is 2. The summed E-state index contributed by atoms with van der Waals surface area (Å²) in [5.74, 6) is -0.191. The molecule has 4 rings (SSSR count). The molecule has 1 aliphatic carbocycles. The van der Waals surface area contributed by atoms with E-state index in [2.05, 4.69) is 4.72 Å². The minimum absolute atomic E-state index is 0.00869. The van der Waals surface area contributed by atoms with Gasteiger partial charge < -0.3 is 14.5 Å². The van der Waals surface area contributed by atoms with E-state index >= 15 is 0 Å². The normalized spacial score (nSPS) is 16.7. The maximum Gasteiger partial charge on any atom is 0.257 e. The zero-order valence-electron chi connectivity index (χ0n) is 19.9. The van der Waals surface area contributed by atoms with Crippen molar-refractivity contribution in [3.8, 4) is 5.75 Å². The molecule has 1 saturated heterocycles. The summed E-state index contributed by atoms with van der Waals surface area (Å²) in [6.07, 6.45) is 3.34. The maximum absolute atomic E-state index is 14.6. The minimum Gasteiger partial charge on any atom is -0.492 e. The molecule has 2 aromatic rings. The Bertz CT molecular complexity index is 1220. The SMILES string of the molecule is CNS(=O)(=O)c1ccc(OCC2CCC2)c(C(=O)N2CCN(c3ccc(C(C)=O)cc3F)CC2)c1. The number of halogens is 1. The molecule has 1 saturated carbocycles. The summed E-state index contributed by atoms with van der Waals surface area (Å²) in [7, 11) is -2.42. The molecule has 0 aromatic heterocycles. The molecule has 0 radical (unpaired) electrons. The van der Waals surface area contributed by atoms with Gasteiger partial charge >= 0.3 is 0 Å². The first-order valence-electron chi connectivity index (χ1n) is 11.7. The van der Waals surface area contributed by atoms with Gasteiger partial charge in [0.1, 0.15) is 11.6 Å². The molecule has 1 heterocycles. The van der Waals surface area contributed by atoms with Crippen LogP contribution in [0.2, 0.25) is 0 Å². The number of Topliss-reactive ketones (excluding diaryl/α,β-unsaturated/α-hetero) is 1. The molecule has 2 aromatic carbocycles. The van der Waals surface area contributed by atoms with Gasteiger partial charge in [0.2, 0.25) is 10.0 Å². The molecule has 10 heteroatoms. The number of sulfonamides is 1. The maximum atomic E-state index is 14.6. The highest BCUT2D eigenvalue weighted by Gasteiger charge is 2.28. The first-order chi connectivity index (χ1) is 16.7. The third-order valence-electron chi connectivity index (χ3n) is 6.72. The Labute approximate surface area is 205 Å². The number of piperazine rings is 1. The predicted octanol–water partition coefficient (Wildman–Crippen LogP) is 3.08. The lowest BCUT2D eigenvalue weighted by molar-refractivity contribution is 0.0739. The number of anilines is 1. The number of rotatable bonds is 8. The van der Waals surface area contributed by atoms with E-state index in [1.807, 2.05) is 4.90 Å². The Morgan fingerprint density at radius 3 is 2.37 bits per heavy atom. The standard InChI is InChI=1S/C25H30FN3O5S/c1-17(30)19-6-8-23(22(26)14-19)28-10-12-29(13-11-28)25(31)21-15-20(35(32,33)27-2)7-9-24(21)34-16-18-4-3-5-18/h6-9,14-15,18,27H,3-5,10-13,16H2,1-2H3. The van der Waals surface area contributed by atoms with Crippen LogP contribution in [-0.4, -0.2) is 64.8 Å². The highest BCUT2D eigenvalue weighted by atomic mass is 32.2. The number of ketones is 1. The van der Waals surface area contributed by atoms with Crippen molar-refractivity contribution in [1.82, 2.24) is 9.62 Å². The molecule has 1 amide bonds. The Kier molecular flexibility index (Phi) is 7.42. The van der Waals surface area contributed by atoms with Crippen molar-refractivity contribution < 1.29 is 27.1 Å². The Morgan fingerprint density at radius 1 is 1.09 bits per heavy atom. The van der Waals surface area contributed by atoms with Crippen molar-refractivity contribution in [2.45, 2.75) is 31.1 Å². The second-order valence-electron chi connectivity index (χ2n) is 8.98. The van der Waals surface area contributed by atoms with Gasteiger partial charge in [-0.3, -0.25) is 9.59 Å². The highest BCUT2D eigenvalue weighted by molar-refractivity contribution is 7.89. The third kappa shape index (κ3) is 5.48. The number of benzene rings is 2. The van der Waals surface area contributed by atoms with E-state index < -0.39 is 15.8 Å². The third-order valence-corrected chi connectivity index (χ3v) is 8.13. The van der Waals surface area contributed by atoms with Crippen LogP contribution in [0.15, 0.2) is 41.3 Å². The molecular weight excluding hydrogens is 473 g/mol. The fourth-order valence-electron chi connectivity index (χ4n) is 4.26. The molecule has 188 valence electrons. The second kappa shape index (κ2) is 10.3. The fourth-order valence-corrected chi connectivity index (χ4v) is 5.01. The van der Waals surface area contributed by atoms with E-state index in [9.17, 15) is 22.4 Å². The van der Waals surface area contributed by atoms with Crippen LogP contribution in [0.1, 0.15) is 46.9 Å². The quantitative estimate of drug-likeness (QED) is 0.557. The molecule has 0 atom stereocenters. The molecule has 1 aliphatic heterocycles. The number of nitrogens with one attached hydrogen (secondary N) is 1. The zero-order valence-corrected chi connectivity index (χ0v) is 20.7. The van der Waals surface area contributed by atoms with Gasteiger partial charge in [0.15, 0.2) is 5.78 Å². The van der Waals surface area contributed by atoms with E-state index in [0.29, 0.717) is 55.7 Å². The molecule has 8 nitrogen and oxygen atoms in total. The number of hydrogen-bond acceptors (Lipinski definition) is 6. The largest absolute Gasteiger partial charge is 0.492 e. The van der Waals surface area contributed by atoms with Crippen LogP contribution >= 0.6 is 0 Å². The summed E-state index contributed by atoms with van der Waals surface area (Å²) in [6, 6.07) is 8.74. The topological polar surface area (TPSA) is 96.0 Å². The molecular formula is C25H30FN3O5S. The van der Waals surface area contributed by atoms with E-state index in [1.165, 1.54) is 38.6 Å². The fraction of sp³-hybridized carbons (Fsp3) is 0.440. The monoisotopic (exact) mass is 503 g/mol. The average molecular weight is 504 g/mol. The molecule has 0 spiro atoms. The van der Waals surface area contributed by atoms with E-state index in [0.717, 1.165) is 12.8 Å². The van der Waals surface area contributed by atoms with Gasteiger partial charge in [-0.05, 0) is 69.1 Å². The summed E-state index contributed by atoms with van der Waals surface area (Å²) in [4.78, 5) is 28.4. The van der Waals surface area contributed by atoms with Crippen molar-refractivity contribution in [2.75, 3.05) is 44.7 Å². The van der Waals surface area contributed by atoms with Crippen LogP contribution in [-0.2, 0) is 10.0 Å². The first kappa shape index (κ1) is 25.1. The van der Waals surface area contributed by atoms with Crippen LogP contribution < -0.4 is 14.4 Å². The summed E-state index contributed by atoms with van der Waals surface area (Å²) in [5, 5.41) is 0. The number of amides is 1. The van der Waals surface area contributed by atoms with Gasteiger partial charge in [0, 0.05) is 31.7 Å².